The van der Waals surface area contributed by atoms with Crippen LogP contribution < -0.4 is 5.73 Å². The number of nitrogens with two attached hydrogens (primary N) is 1. The number of sulfonamides is 1. The first-order valence-electron chi connectivity index (χ1n) is 8.41. The molecule has 6 nitrogen and oxygen atoms in total. The molecule has 1 aromatic rings. The number of carbonyl (C=O) groups is 1. The topological polar surface area (TPSA) is 83.7 Å². The lowest BCUT2D eigenvalue weighted by molar-refractivity contribution is -0.133. The Morgan fingerprint density at radius 3 is 2.12 bits per heavy atom. The van der Waals surface area contributed by atoms with Gasteiger partial charge in [-0.05, 0) is 37.0 Å². The summed E-state index contributed by atoms with van der Waals surface area (Å²) in [5.74, 6) is 0.277. The zero-order chi connectivity index (χ0) is 17.9. The molecule has 24 heavy (non-hydrogen) atoms. The Bertz CT molecular complexity index is 663. The van der Waals surface area contributed by atoms with E-state index in [-0.39, 0.29) is 5.91 Å². The quantitative estimate of drug-likeness (QED) is 0.867. The largest absolute Gasteiger partial charge is 0.339 e. The summed E-state index contributed by atoms with van der Waals surface area (Å²) < 4.78 is 26.9. The van der Waals surface area contributed by atoms with Crippen molar-refractivity contribution >= 4 is 15.9 Å². The normalized spacial score (nSPS) is 19.1. The molecule has 0 aromatic heterocycles. The van der Waals surface area contributed by atoms with Gasteiger partial charge in [0.25, 0.3) is 0 Å². The number of hydrogen-bond acceptors (Lipinski definition) is 4. The third kappa shape index (κ3) is 3.96. The second-order valence-electron chi connectivity index (χ2n) is 6.40. The molecule has 1 fully saturated rings. The first kappa shape index (κ1) is 18.9. The highest BCUT2D eigenvalue weighted by molar-refractivity contribution is 7.89. The van der Waals surface area contributed by atoms with Crippen LogP contribution in [0.15, 0.2) is 29.2 Å². The van der Waals surface area contributed by atoms with Gasteiger partial charge in [0.05, 0.1) is 10.9 Å². The number of amides is 1. The van der Waals surface area contributed by atoms with E-state index in [0.29, 0.717) is 37.0 Å². The van der Waals surface area contributed by atoms with Crippen LogP contribution >= 0.6 is 0 Å². The lowest BCUT2D eigenvalue weighted by Crippen LogP contribution is -2.53. The van der Waals surface area contributed by atoms with Crippen molar-refractivity contribution < 1.29 is 13.2 Å². The minimum atomic E-state index is -3.52. The summed E-state index contributed by atoms with van der Waals surface area (Å²) in [4.78, 5) is 13.8. The molecule has 2 unspecified atom stereocenters. The Morgan fingerprint density at radius 2 is 1.67 bits per heavy atom. The van der Waals surface area contributed by atoms with Crippen LogP contribution in [0, 0.1) is 0 Å². The van der Waals surface area contributed by atoms with Crippen LogP contribution in [-0.4, -0.2) is 55.8 Å². The van der Waals surface area contributed by atoms with Crippen LogP contribution in [-0.2, 0) is 14.8 Å². The maximum absolute atomic E-state index is 12.7. The summed E-state index contributed by atoms with van der Waals surface area (Å²) in [5, 5.41) is 0. The van der Waals surface area contributed by atoms with Gasteiger partial charge in [0.1, 0.15) is 0 Å². The monoisotopic (exact) mass is 353 g/mol. The standard InChI is InChI=1S/C17H27N3O3S/c1-4-13(2)15-5-7-16(8-6-15)24(22,23)20-11-9-19(10-12-20)17(21)14(3)18/h5-8,13-14H,4,9-12,18H2,1-3H3. The van der Waals surface area contributed by atoms with Crippen molar-refractivity contribution in [3.8, 4) is 0 Å². The summed E-state index contributed by atoms with van der Waals surface area (Å²) in [6.07, 6.45) is 1.02. The van der Waals surface area contributed by atoms with Crippen molar-refractivity contribution in [2.75, 3.05) is 26.2 Å². The molecule has 1 aliphatic rings. The first-order valence-corrected chi connectivity index (χ1v) is 9.85. The van der Waals surface area contributed by atoms with Crippen LogP contribution in [0.2, 0.25) is 0 Å². The molecule has 2 rings (SSSR count). The molecule has 2 N–H and O–H groups in total. The average Bonchev–Trinajstić information content (AvgIpc) is 2.60. The molecule has 7 heteroatoms. The second-order valence-corrected chi connectivity index (χ2v) is 8.33. The van der Waals surface area contributed by atoms with Crippen molar-refractivity contribution in [2.45, 2.75) is 44.0 Å². The van der Waals surface area contributed by atoms with Gasteiger partial charge in [-0.25, -0.2) is 8.42 Å². The molecule has 2 atom stereocenters. The van der Waals surface area contributed by atoms with Gasteiger partial charge in [-0.3, -0.25) is 4.79 Å². The molecule has 1 amide bonds. The van der Waals surface area contributed by atoms with Crippen molar-refractivity contribution in [1.29, 1.82) is 0 Å². The highest BCUT2D eigenvalue weighted by Crippen LogP contribution is 2.23. The molecular formula is C17H27N3O3S. The van der Waals surface area contributed by atoms with Gasteiger partial charge in [0, 0.05) is 26.2 Å². The fraction of sp³-hybridized carbons (Fsp3) is 0.588. The van der Waals surface area contributed by atoms with E-state index in [4.69, 9.17) is 5.73 Å². The van der Waals surface area contributed by atoms with Crippen LogP contribution in [0.3, 0.4) is 0 Å². The Labute approximate surface area is 144 Å². The third-order valence-corrected chi connectivity index (χ3v) is 6.55. The van der Waals surface area contributed by atoms with Gasteiger partial charge >= 0.3 is 0 Å². The maximum atomic E-state index is 12.7. The number of piperazine rings is 1. The summed E-state index contributed by atoms with van der Waals surface area (Å²) in [7, 11) is -3.52. The minimum absolute atomic E-state index is 0.134. The van der Waals surface area contributed by atoms with Crippen LogP contribution in [0.5, 0.6) is 0 Å². The Hall–Kier alpha value is -1.44. The molecule has 0 aliphatic carbocycles. The molecule has 0 spiro atoms. The van der Waals surface area contributed by atoms with Crippen molar-refractivity contribution in [3.05, 3.63) is 29.8 Å². The summed E-state index contributed by atoms with van der Waals surface area (Å²) in [5.41, 5.74) is 6.75. The molecule has 134 valence electrons. The van der Waals surface area contributed by atoms with Gasteiger partial charge in [0.15, 0.2) is 0 Å². The van der Waals surface area contributed by atoms with Gasteiger partial charge in [0.2, 0.25) is 15.9 Å². The summed E-state index contributed by atoms with van der Waals surface area (Å²) >= 11 is 0. The number of nitrogens with zero attached hydrogens (tertiary/aromatic N) is 2. The summed E-state index contributed by atoms with van der Waals surface area (Å²) in [6, 6.07) is 6.57. The predicted octanol–water partition coefficient (Wildman–Crippen LogP) is 1.38. The zero-order valence-electron chi connectivity index (χ0n) is 14.6. The fourth-order valence-corrected chi connectivity index (χ4v) is 4.21. The second kappa shape index (κ2) is 7.63. The lowest BCUT2D eigenvalue weighted by atomic mass is 9.99. The zero-order valence-corrected chi connectivity index (χ0v) is 15.4. The van der Waals surface area contributed by atoms with Gasteiger partial charge in [-0.2, -0.15) is 4.31 Å². The molecule has 0 bridgehead atoms. The number of benzene rings is 1. The smallest absolute Gasteiger partial charge is 0.243 e. The summed E-state index contributed by atoms with van der Waals surface area (Å²) in [6.45, 7) is 7.23. The first-order chi connectivity index (χ1) is 11.3. The maximum Gasteiger partial charge on any atom is 0.243 e. The predicted molar refractivity (Wildman–Crippen MR) is 94.1 cm³/mol. The molecule has 1 heterocycles. The highest BCUT2D eigenvalue weighted by Gasteiger charge is 2.30. The molecule has 1 saturated heterocycles. The van der Waals surface area contributed by atoms with Gasteiger partial charge < -0.3 is 10.6 Å². The highest BCUT2D eigenvalue weighted by atomic mass is 32.2. The van der Waals surface area contributed by atoms with Crippen LogP contribution in [0.25, 0.3) is 0 Å². The van der Waals surface area contributed by atoms with E-state index >= 15 is 0 Å². The van der Waals surface area contributed by atoms with Crippen molar-refractivity contribution in [2.24, 2.45) is 5.73 Å². The van der Waals surface area contributed by atoms with E-state index in [2.05, 4.69) is 13.8 Å². The molecule has 1 aromatic carbocycles. The Balaban J connectivity index is 2.08. The van der Waals surface area contributed by atoms with E-state index in [9.17, 15) is 13.2 Å². The number of hydrogen-bond donors (Lipinski definition) is 1. The van der Waals surface area contributed by atoms with E-state index in [1.54, 1.807) is 24.0 Å². The molecule has 0 radical (unpaired) electrons. The molecule has 0 saturated carbocycles. The van der Waals surface area contributed by atoms with Crippen LogP contribution in [0.4, 0.5) is 0 Å². The SMILES string of the molecule is CCC(C)c1ccc(S(=O)(=O)N2CCN(C(=O)C(C)N)CC2)cc1. The Morgan fingerprint density at radius 1 is 1.12 bits per heavy atom. The van der Waals surface area contributed by atoms with E-state index in [0.717, 1.165) is 12.0 Å². The molecule has 1 aliphatic heterocycles. The van der Waals surface area contributed by atoms with Gasteiger partial charge in [-0.15, -0.1) is 0 Å². The number of rotatable bonds is 5. The minimum Gasteiger partial charge on any atom is -0.339 e. The fourth-order valence-electron chi connectivity index (χ4n) is 2.79. The van der Waals surface area contributed by atoms with Crippen LogP contribution in [0.1, 0.15) is 38.7 Å². The lowest BCUT2D eigenvalue weighted by Gasteiger charge is -2.34. The van der Waals surface area contributed by atoms with E-state index in [1.165, 1.54) is 4.31 Å². The van der Waals surface area contributed by atoms with E-state index in [1.807, 2.05) is 12.1 Å². The van der Waals surface area contributed by atoms with Crippen molar-refractivity contribution in [3.63, 3.8) is 0 Å². The average molecular weight is 353 g/mol. The third-order valence-electron chi connectivity index (χ3n) is 4.64. The van der Waals surface area contributed by atoms with Crippen molar-refractivity contribution in [1.82, 2.24) is 9.21 Å². The number of carbonyl (C=O) groups excluding carboxylic acids is 1. The Kier molecular flexibility index (Phi) is 6.01. The molecular weight excluding hydrogens is 326 g/mol. The van der Waals surface area contributed by atoms with Gasteiger partial charge in [-0.1, -0.05) is 26.0 Å². The van der Waals surface area contributed by atoms with E-state index < -0.39 is 16.1 Å².